The second-order valence-corrected chi connectivity index (χ2v) is 10.5. The Morgan fingerprint density at radius 1 is 1.28 bits per heavy atom. The molecule has 1 saturated heterocycles. The second kappa shape index (κ2) is 9.65. The number of esters is 3. The molecule has 192 valence electrons. The van der Waals surface area contributed by atoms with Crippen molar-refractivity contribution in [1.29, 1.82) is 0 Å². The number of cyclic esters (lactones) is 1. The number of methoxy groups -OCH3 is 1. The van der Waals surface area contributed by atoms with Crippen molar-refractivity contribution < 1.29 is 33.4 Å². The number of amides is 1. The van der Waals surface area contributed by atoms with E-state index in [1.165, 1.54) is 25.4 Å². The van der Waals surface area contributed by atoms with Crippen LogP contribution in [0.25, 0.3) is 0 Å². The Morgan fingerprint density at radius 2 is 2.06 bits per heavy atom. The van der Waals surface area contributed by atoms with Gasteiger partial charge in [-0.05, 0) is 52.0 Å². The Labute approximate surface area is 213 Å². The van der Waals surface area contributed by atoms with Gasteiger partial charge in [-0.2, -0.15) is 0 Å². The van der Waals surface area contributed by atoms with Crippen LogP contribution >= 0.6 is 11.3 Å². The Kier molecular flexibility index (Phi) is 6.92. The highest BCUT2D eigenvalue weighted by Gasteiger charge is 2.74. The van der Waals surface area contributed by atoms with Crippen LogP contribution in [0, 0.1) is 11.3 Å². The van der Waals surface area contributed by atoms with E-state index in [0.29, 0.717) is 42.0 Å². The molecule has 9 nitrogen and oxygen atoms in total. The number of anilines is 1. The Morgan fingerprint density at radius 3 is 2.72 bits per heavy atom. The molecule has 1 aromatic rings. The van der Waals surface area contributed by atoms with E-state index in [9.17, 15) is 19.2 Å². The number of rotatable bonds is 6. The zero-order valence-electron chi connectivity index (χ0n) is 20.8. The van der Waals surface area contributed by atoms with Crippen LogP contribution in [0.15, 0.2) is 47.0 Å². The maximum Gasteiger partial charge on any atom is 0.333 e. The van der Waals surface area contributed by atoms with E-state index < -0.39 is 34.5 Å². The van der Waals surface area contributed by atoms with Gasteiger partial charge in [-0.1, -0.05) is 18.2 Å². The second-order valence-electron chi connectivity index (χ2n) is 9.66. The van der Waals surface area contributed by atoms with E-state index in [1.54, 1.807) is 49.7 Å². The normalized spacial score (nSPS) is 31.7. The summed E-state index contributed by atoms with van der Waals surface area (Å²) in [6.07, 6.45) is 10.3. The lowest BCUT2D eigenvalue weighted by molar-refractivity contribution is -0.235. The lowest BCUT2D eigenvalue weighted by atomic mass is 9.62. The molecule has 0 spiro atoms. The van der Waals surface area contributed by atoms with Crippen molar-refractivity contribution in [1.82, 2.24) is 4.98 Å². The third kappa shape index (κ3) is 4.27. The van der Waals surface area contributed by atoms with Crippen molar-refractivity contribution in [3.05, 3.63) is 47.0 Å². The molecule has 2 fully saturated rings. The maximum atomic E-state index is 13.6. The highest BCUT2D eigenvalue weighted by molar-refractivity contribution is 7.13. The number of ether oxygens (including phenoxy) is 3. The zero-order valence-corrected chi connectivity index (χ0v) is 21.6. The minimum atomic E-state index is -1.12. The van der Waals surface area contributed by atoms with Gasteiger partial charge in [0.15, 0.2) is 5.13 Å². The standard InChI is InChI=1S/C26H30N2O7S/c1-16(20(30)28-23-27-14-15-36-23)6-5-10-24(3)19-9-12-25(22(32)35-24)11-7-18(21(31)33-4)8-13-26(19,25)34-17(2)29/h5-7,10,14-15,19H,8-9,11-13H2,1-4H3,(H,27,28,30)/b10-5+,16-6+/t19-,24+,25+,26-/m0/s1. The zero-order chi connectivity index (χ0) is 26.1. The molecule has 0 unspecified atom stereocenters. The average molecular weight is 515 g/mol. The van der Waals surface area contributed by atoms with E-state index in [-0.39, 0.29) is 18.2 Å². The number of aromatic nitrogens is 1. The summed E-state index contributed by atoms with van der Waals surface area (Å²) in [5.41, 5.74) is -2.35. The Bertz CT molecular complexity index is 1170. The third-order valence-electron chi connectivity index (χ3n) is 7.65. The molecule has 10 heteroatoms. The number of hydrogen-bond acceptors (Lipinski definition) is 9. The monoisotopic (exact) mass is 514 g/mol. The molecule has 36 heavy (non-hydrogen) atoms. The summed E-state index contributed by atoms with van der Waals surface area (Å²) in [6, 6.07) is 0. The number of carbonyl (C=O) groups excluding carboxylic acids is 4. The first-order valence-electron chi connectivity index (χ1n) is 11.8. The lowest BCUT2D eigenvalue weighted by Gasteiger charge is -2.54. The van der Waals surface area contributed by atoms with Crippen LogP contribution < -0.4 is 5.32 Å². The highest BCUT2D eigenvalue weighted by atomic mass is 32.1. The summed E-state index contributed by atoms with van der Waals surface area (Å²) in [7, 11) is 1.32. The SMILES string of the molecule is COC(=O)C1=CC[C@@]23CC[C@@H]([C@@](C)(/C=C/C=C(\C)C(=O)Nc4nccs4)OC2=O)[C@@]3(OC(C)=O)CC1. The molecule has 2 bridgehead atoms. The van der Waals surface area contributed by atoms with Crippen molar-refractivity contribution in [2.24, 2.45) is 11.3 Å². The Balaban J connectivity index is 1.64. The maximum absolute atomic E-state index is 13.6. The molecule has 3 aliphatic rings. The molecule has 0 aromatic carbocycles. The summed E-state index contributed by atoms with van der Waals surface area (Å²) < 4.78 is 17.0. The third-order valence-corrected chi connectivity index (χ3v) is 8.34. The number of nitrogens with zero attached hydrogens (tertiary/aromatic N) is 1. The summed E-state index contributed by atoms with van der Waals surface area (Å²) in [6.45, 7) is 4.81. The van der Waals surface area contributed by atoms with Gasteiger partial charge >= 0.3 is 17.9 Å². The fourth-order valence-corrected chi connectivity index (χ4v) is 6.46. The van der Waals surface area contributed by atoms with Gasteiger partial charge in [0.1, 0.15) is 16.6 Å². The predicted octanol–water partition coefficient (Wildman–Crippen LogP) is 3.88. The van der Waals surface area contributed by atoms with E-state index in [4.69, 9.17) is 14.2 Å². The van der Waals surface area contributed by atoms with Crippen LogP contribution in [0.3, 0.4) is 0 Å². The summed E-state index contributed by atoms with van der Waals surface area (Å²) in [5, 5.41) is 4.99. The number of nitrogens with one attached hydrogen (secondary N) is 1. The molecular formula is C26H30N2O7S. The van der Waals surface area contributed by atoms with Crippen molar-refractivity contribution in [2.75, 3.05) is 12.4 Å². The number of hydrogen-bond donors (Lipinski definition) is 1. The van der Waals surface area contributed by atoms with E-state index >= 15 is 0 Å². The quantitative estimate of drug-likeness (QED) is 0.263. The van der Waals surface area contributed by atoms with Crippen molar-refractivity contribution >= 4 is 40.3 Å². The molecule has 2 heterocycles. The largest absolute Gasteiger partial charge is 0.466 e. The smallest absolute Gasteiger partial charge is 0.333 e. The summed E-state index contributed by atoms with van der Waals surface area (Å²) in [5.74, 6) is -2.00. The van der Waals surface area contributed by atoms with Gasteiger partial charge in [-0.15, -0.1) is 11.3 Å². The van der Waals surface area contributed by atoms with Gasteiger partial charge < -0.3 is 14.2 Å². The molecule has 0 radical (unpaired) electrons. The topological polar surface area (TPSA) is 121 Å². The summed E-state index contributed by atoms with van der Waals surface area (Å²) in [4.78, 5) is 54.7. The number of carbonyl (C=O) groups is 4. The highest BCUT2D eigenvalue weighted by Crippen LogP contribution is 2.65. The molecule has 1 aromatic heterocycles. The van der Waals surface area contributed by atoms with E-state index in [0.717, 1.165) is 0 Å². The Hall–Kier alpha value is -3.27. The first-order valence-corrected chi connectivity index (χ1v) is 12.7. The van der Waals surface area contributed by atoms with Crippen LogP contribution in [0.2, 0.25) is 0 Å². The molecule has 1 aliphatic heterocycles. The fourth-order valence-electron chi connectivity index (χ4n) is 5.94. The van der Waals surface area contributed by atoms with Crippen LogP contribution in [-0.2, 0) is 33.4 Å². The molecule has 4 rings (SSSR count). The van der Waals surface area contributed by atoms with Crippen molar-refractivity contribution in [3.63, 3.8) is 0 Å². The van der Waals surface area contributed by atoms with Gasteiger partial charge in [-0.3, -0.25) is 19.7 Å². The fraction of sp³-hybridized carbons (Fsp3) is 0.500. The van der Waals surface area contributed by atoms with Crippen LogP contribution in [0.1, 0.15) is 52.9 Å². The molecule has 4 atom stereocenters. The lowest BCUT2D eigenvalue weighted by Crippen LogP contribution is -2.65. The predicted molar refractivity (Wildman–Crippen MR) is 132 cm³/mol. The number of allylic oxidation sites excluding steroid dienone is 3. The van der Waals surface area contributed by atoms with Crippen LogP contribution in [0.5, 0.6) is 0 Å². The molecular weight excluding hydrogens is 484 g/mol. The van der Waals surface area contributed by atoms with Gasteiger partial charge in [0.25, 0.3) is 5.91 Å². The van der Waals surface area contributed by atoms with Gasteiger partial charge in [0, 0.05) is 35.6 Å². The minimum absolute atomic E-state index is 0.232. The first kappa shape index (κ1) is 25.8. The molecule has 1 N–H and O–H groups in total. The summed E-state index contributed by atoms with van der Waals surface area (Å²) >= 11 is 1.32. The molecule has 1 saturated carbocycles. The van der Waals surface area contributed by atoms with E-state index in [1.807, 2.05) is 0 Å². The van der Waals surface area contributed by atoms with Crippen LogP contribution in [0.4, 0.5) is 5.13 Å². The van der Waals surface area contributed by atoms with Gasteiger partial charge in [-0.25, -0.2) is 9.78 Å². The van der Waals surface area contributed by atoms with Crippen molar-refractivity contribution in [3.8, 4) is 0 Å². The first-order chi connectivity index (χ1) is 17.1. The average Bonchev–Trinajstić information content (AvgIpc) is 3.38. The molecule has 2 aliphatic carbocycles. The minimum Gasteiger partial charge on any atom is -0.466 e. The molecule has 1 amide bonds. The van der Waals surface area contributed by atoms with E-state index in [2.05, 4.69) is 10.3 Å². The van der Waals surface area contributed by atoms with Gasteiger partial charge in [0.2, 0.25) is 0 Å². The van der Waals surface area contributed by atoms with Gasteiger partial charge in [0.05, 0.1) is 7.11 Å². The number of thiazole rings is 1. The van der Waals surface area contributed by atoms with Crippen LogP contribution in [-0.4, -0.2) is 47.1 Å². The van der Waals surface area contributed by atoms with Crippen molar-refractivity contribution in [2.45, 2.75) is 64.1 Å².